The molecule has 1 heterocycles. The maximum Gasteiger partial charge on any atom is 0.112 e. The standard InChI is InChI=1S/C16H18N2/c1-2-5-13-6-3-4-7-15(13)12-18-11-10-17-16(18)14-8-9-14/h2-4,6-7,10-11,14H,1,5,8-9,12H2. The highest BCUT2D eigenvalue weighted by molar-refractivity contribution is 5.29. The van der Waals surface area contributed by atoms with Gasteiger partial charge in [0, 0.05) is 24.9 Å². The van der Waals surface area contributed by atoms with Gasteiger partial charge >= 0.3 is 0 Å². The van der Waals surface area contributed by atoms with Gasteiger partial charge in [-0.05, 0) is 30.4 Å². The van der Waals surface area contributed by atoms with Gasteiger partial charge < -0.3 is 4.57 Å². The van der Waals surface area contributed by atoms with Crippen molar-refractivity contribution in [2.75, 3.05) is 0 Å². The first-order valence-electron chi connectivity index (χ1n) is 6.57. The number of imidazole rings is 1. The quantitative estimate of drug-likeness (QED) is 0.728. The zero-order valence-electron chi connectivity index (χ0n) is 10.5. The monoisotopic (exact) mass is 238 g/mol. The zero-order chi connectivity index (χ0) is 12.4. The van der Waals surface area contributed by atoms with E-state index in [0.29, 0.717) is 5.92 Å². The lowest BCUT2D eigenvalue weighted by Gasteiger charge is -2.11. The highest BCUT2D eigenvalue weighted by atomic mass is 15.1. The number of hydrogen-bond acceptors (Lipinski definition) is 1. The molecule has 1 aliphatic carbocycles. The summed E-state index contributed by atoms with van der Waals surface area (Å²) in [7, 11) is 0. The lowest BCUT2D eigenvalue weighted by molar-refractivity contribution is 0.722. The Morgan fingerprint density at radius 1 is 1.28 bits per heavy atom. The van der Waals surface area contributed by atoms with Crippen LogP contribution >= 0.6 is 0 Å². The molecule has 0 atom stereocenters. The first-order chi connectivity index (χ1) is 8.88. The molecule has 2 aromatic rings. The molecule has 18 heavy (non-hydrogen) atoms. The van der Waals surface area contributed by atoms with Crippen LogP contribution in [-0.2, 0) is 13.0 Å². The van der Waals surface area contributed by atoms with Crippen molar-refractivity contribution in [1.29, 1.82) is 0 Å². The number of nitrogens with zero attached hydrogens (tertiary/aromatic N) is 2. The van der Waals surface area contributed by atoms with E-state index in [0.717, 1.165) is 13.0 Å². The summed E-state index contributed by atoms with van der Waals surface area (Å²) in [5.41, 5.74) is 2.74. The summed E-state index contributed by atoms with van der Waals surface area (Å²) in [6.45, 7) is 4.76. The fourth-order valence-corrected chi connectivity index (χ4v) is 2.41. The van der Waals surface area contributed by atoms with Crippen molar-refractivity contribution < 1.29 is 0 Å². The van der Waals surface area contributed by atoms with E-state index in [-0.39, 0.29) is 0 Å². The van der Waals surface area contributed by atoms with Crippen LogP contribution in [0.15, 0.2) is 49.3 Å². The summed E-state index contributed by atoms with van der Waals surface area (Å²) in [5, 5.41) is 0. The van der Waals surface area contributed by atoms with Gasteiger partial charge in [0.1, 0.15) is 5.82 Å². The van der Waals surface area contributed by atoms with Crippen molar-refractivity contribution in [3.8, 4) is 0 Å². The summed E-state index contributed by atoms with van der Waals surface area (Å²) in [4.78, 5) is 4.49. The maximum atomic E-state index is 4.49. The summed E-state index contributed by atoms with van der Waals surface area (Å²) in [6.07, 6.45) is 9.51. The van der Waals surface area contributed by atoms with E-state index in [1.165, 1.54) is 29.8 Å². The Bertz CT molecular complexity index is 550. The number of benzene rings is 1. The van der Waals surface area contributed by atoms with Gasteiger partial charge in [-0.25, -0.2) is 4.98 Å². The molecule has 0 bridgehead atoms. The van der Waals surface area contributed by atoms with Crippen LogP contribution in [0.3, 0.4) is 0 Å². The van der Waals surface area contributed by atoms with Crippen molar-refractivity contribution in [2.45, 2.75) is 31.7 Å². The molecular formula is C16H18N2. The Balaban J connectivity index is 1.87. The second kappa shape index (κ2) is 4.81. The Labute approximate surface area is 108 Å². The number of allylic oxidation sites excluding steroid dienone is 1. The summed E-state index contributed by atoms with van der Waals surface area (Å²) in [5.74, 6) is 1.95. The minimum absolute atomic E-state index is 0.701. The number of hydrogen-bond donors (Lipinski definition) is 0. The van der Waals surface area contributed by atoms with Crippen LogP contribution < -0.4 is 0 Å². The normalized spacial score (nSPS) is 14.7. The van der Waals surface area contributed by atoms with Crippen LogP contribution in [0.25, 0.3) is 0 Å². The molecule has 0 N–H and O–H groups in total. The van der Waals surface area contributed by atoms with Crippen molar-refractivity contribution in [1.82, 2.24) is 9.55 Å². The lowest BCUT2D eigenvalue weighted by Crippen LogP contribution is -2.05. The first-order valence-corrected chi connectivity index (χ1v) is 6.57. The molecule has 1 saturated carbocycles. The van der Waals surface area contributed by atoms with Gasteiger partial charge in [0.15, 0.2) is 0 Å². The van der Waals surface area contributed by atoms with E-state index in [4.69, 9.17) is 0 Å². The van der Waals surface area contributed by atoms with E-state index in [2.05, 4.69) is 46.6 Å². The fourth-order valence-electron chi connectivity index (χ4n) is 2.41. The Hall–Kier alpha value is -1.83. The molecule has 1 aliphatic rings. The summed E-state index contributed by atoms with van der Waals surface area (Å²) >= 11 is 0. The molecule has 0 radical (unpaired) electrons. The average Bonchev–Trinajstić information content (AvgIpc) is 3.13. The van der Waals surface area contributed by atoms with Crippen molar-refractivity contribution in [3.05, 3.63) is 66.3 Å². The van der Waals surface area contributed by atoms with E-state index >= 15 is 0 Å². The van der Waals surface area contributed by atoms with Crippen LogP contribution in [0.5, 0.6) is 0 Å². The molecule has 0 unspecified atom stereocenters. The van der Waals surface area contributed by atoms with Gasteiger partial charge in [0.2, 0.25) is 0 Å². The van der Waals surface area contributed by atoms with Crippen LogP contribution in [0, 0.1) is 0 Å². The molecule has 0 saturated heterocycles. The van der Waals surface area contributed by atoms with Crippen LogP contribution in [0.2, 0.25) is 0 Å². The summed E-state index contributed by atoms with van der Waals surface area (Å²) < 4.78 is 2.29. The molecular weight excluding hydrogens is 220 g/mol. The van der Waals surface area contributed by atoms with Crippen molar-refractivity contribution in [3.63, 3.8) is 0 Å². The van der Waals surface area contributed by atoms with Crippen LogP contribution in [0.1, 0.15) is 35.7 Å². The highest BCUT2D eigenvalue weighted by Gasteiger charge is 2.27. The lowest BCUT2D eigenvalue weighted by atomic mass is 10.0. The second-order valence-electron chi connectivity index (χ2n) is 4.95. The Kier molecular flexibility index (Phi) is 3.01. The first kappa shape index (κ1) is 11.3. The molecule has 92 valence electrons. The molecule has 1 aromatic heterocycles. The predicted octanol–water partition coefficient (Wildman–Crippen LogP) is 3.54. The molecule has 3 rings (SSSR count). The molecule has 1 aromatic carbocycles. The SMILES string of the molecule is C=CCc1ccccc1Cn1ccnc1C1CC1. The molecule has 2 nitrogen and oxygen atoms in total. The van der Waals surface area contributed by atoms with Gasteiger partial charge in [-0.1, -0.05) is 30.3 Å². The third-order valence-electron chi connectivity index (χ3n) is 3.51. The Morgan fingerprint density at radius 3 is 2.78 bits per heavy atom. The fraction of sp³-hybridized carbons (Fsp3) is 0.312. The zero-order valence-corrected chi connectivity index (χ0v) is 10.5. The molecule has 0 spiro atoms. The Morgan fingerprint density at radius 2 is 2.06 bits per heavy atom. The summed E-state index contributed by atoms with van der Waals surface area (Å²) in [6, 6.07) is 8.59. The van der Waals surface area contributed by atoms with Gasteiger partial charge in [0.25, 0.3) is 0 Å². The topological polar surface area (TPSA) is 17.8 Å². The molecule has 2 heteroatoms. The van der Waals surface area contributed by atoms with Gasteiger partial charge in [-0.2, -0.15) is 0 Å². The van der Waals surface area contributed by atoms with E-state index in [1.807, 2.05) is 12.3 Å². The minimum atomic E-state index is 0.701. The molecule has 0 amide bonds. The van der Waals surface area contributed by atoms with E-state index in [1.54, 1.807) is 0 Å². The highest BCUT2D eigenvalue weighted by Crippen LogP contribution is 2.39. The van der Waals surface area contributed by atoms with Gasteiger partial charge in [0.05, 0.1) is 0 Å². The third-order valence-corrected chi connectivity index (χ3v) is 3.51. The maximum absolute atomic E-state index is 4.49. The second-order valence-corrected chi connectivity index (χ2v) is 4.95. The van der Waals surface area contributed by atoms with Gasteiger partial charge in [-0.3, -0.25) is 0 Å². The average molecular weight is 238 g/mol. The van der Waals surface area contributed by atoms with E-state index < -0.39 is 0 Å². The smallest absolute Gasteiger partial charge is 0.112 e. The number of rotatable bonds is 5. The molecule has 1 fully saturated rings. The van der Waals surface area contributed by atoms with Crippen molar-refractivity contribution >= 4 is 0 Å². The molecule has 0 aliphatic heterocycles. The largest absolute Gasteiger partial charge is 0.330 e. The van der Waals surface area contributed by atoms with Crippen molar-refractivity contribution in [2.24, 2.45) is 0 Å². The number of aromatic nitrogens is 2. The third kappa shape index (κ3) is 2.23. The van der Waals surface area contributed by atoms with Gasteiger partial charge in [-0.15, -0.1) is 6.58 Å². The van der Waals surface area contributed by atoms with Crippen LogP contribution in [0.4, 0.5) is 0 Å². The minimum Gasteiger partial charge on any atom is -0.330 e. The van der Waals surface area contributed by atoms with Crippen LogP contribution in [-0.4, -0.2) is 9.55 Å². The predicted molar refractivity (Wildman–Crippen MR) is 73.6 cm³/mol. The van der Waals surface area contributed by atoms with E-state index in [9.17, 15) is 0 Å².